The molecule has 1 aromatic carbocycles. The molecule has 2 heteroatoms. The first-order chi connectivity index (χ1) is 7.72. The van der Waals surface area contributed by atoms with E-state index in [2.05, 4.69) is 42.7 Å². The van der Waals surface area contributed by atoms with Gasteiger partial charge in [-0.05, 0) is 50.6 Å². The van der Waals surface area contributed by atoms with Crippen LogP contribution in [0.3, 0.4) is 0 Å². The molecule has 1 aliphatic heterocycles. The van der Waals surface area contributed by atoms with Crippen LogP contribution in [-0.4, -0.2) is 26.2 Å². The summed E-state index contributed by atoms with van der Waals surface area (Å²) in [6.45, 7) is 6.58. The standard InChI is InChI=1S/C14H22N2/c1-10-4-5-12(8-11(10)2)13-6-7-16-14(13)9-15-3/h4-5,8,13-16H,6-7,9H2,1-3H3/t13-,14?/m1/s1. The molecule has 0 amide bonds. The van der Waals surface area contributed by atoms with Gasteiger partial charge in [0.15, 0.2) is 0 Å². The van der Waals surface area contributed by atoms with Crippen molar-refractivity contribution in [2.45, 2.75) is 32.2 Å². The fraction of sp³-hybridized carbons (Fsp3) is 0.571. The summed E-state index contributed by atoms with van der Waals surface area (Å²) in [7, 11) is 2.03. The molecule has 88 valence electrons. The van der Waals surface area contributed by atoms with Crippen LogP contribution in [-0.2, 0) is 0 Å². The second-order valence-electron chi connectivity index (χ2n) is 4.86. The third kappa shape index (κ3) is 2.28. The molecule has 0 bridgehead atoms. The third-order valence-electron chi connectivity index (χ3n) is 3.73. The Morgan fingerprint density at radius 2 is 2.12 bits per heavy atom. The van der Waals surface area contributed by atoms with Crippen molar-refractivity contribution in [3.8, 4) is 0 Å². The lowest BCUT2D eigenvalue weighted by molar-refractivity contribution is 0.519. The molecule has 1 fully saturated rings. The first kappa shape index (κ1) is 11.6. The lowest BCUT2D eigenvalue weighted by atomic mass is 9.90. The van der Waals surface area contributed by atoms with E-state index in [4.69, 9.17) is 0 Å². The first-order valence-electron chi connectivity index (χ1n) is 6.17. The first-order valence-corrected chi connectivity index (χ1v) is 6.17. The van der Waals surface area contributed by atoms with E-state index in [0.717, 1.165) is 13.1 Å². The highest BCUT2D eigenvalue weighted by Gasteiger charge is 2.27. The van der Waals surface area contributed by atoms with Crippen LogP contribution in [0.15, 0.2) is 18.2 Å². The maximum Gasteiger partial charge on any atom is 0.0261 e. The van der Waals surface area contributed by atoms with Gasteiger partial charge in [0, 0.05) is 18.5 Å². The molecule has 2 N–H and O–H groups in total. The van der Waals surface area contributed by atoms with Gasteiger partial charge in [0.2, 0.25) is 0 Å². The van der Waals surface area contributed by atoms with Crippen LogP contribution in [0.5, 0.6) is 0 Å². The molecule has 1 heterocycles. The van der Waals surface area contributed by atoms with Gasteiger partial charge in [-0.3, -0.25) is 0 Å². The van der Waals surface area contributed by atoms with E-state index >= 15 is 0 Å². The smallest absolute Gasteiger partial charge is 0.0261 e. The second-order valence-corrected chi connectivity index (χ2v) is 4.86. The fourth-order valence-electron chi connectivity index (χ4n) is 2.60. The van der Waals surface area contributed by atoms with Crippen LogP contribution in [0.1, 0.15) is 29.0 Å². The second kappa shape index (κ2) is 4.98. The lowest BCUT2D eigenvalue weighted by Crippen LogP contribution is -2.35. The van der Waals surface area contributed by atoms with Crippen LogP contribution in [0.4, 0.5) is 0 Å². The Labute approximate surface area is 98.4 Å². The highest BCUT2D eigenvalue weighted by atomic mass is 15.0. The van der Waals surface area contributed by atoms with Gasteiger partial charge in [-0.25, -0.2) is 0 Å². The normalized spacial score (nSPS) is 24.9. The Morgan fingerprint density at radius 1 is 1.31 bits per heavy atom. The number of hydrogen-bond acceptors (Lipinski definition) is 2. The summed E-state index contributed by atoms with van der Waals surface area (Å²) in [6.07, 6.45) is 1.26. The van der Waals surface area contributed by atoms with E-state index in [1.54, 1.807) is 0 Å². The van der Waals surface area contributed by atoms with Gasteiger partial charge in [0.25, 0.3) is 0 Å². The predicted molar refractivity (Wildman–Crippen MR) is 69.0 cm³/mol. The van der Waals surface area contributed by atoms with Crippen LogP contribution in [0.25, 0.3) is 0 Å². The van der Waals surface area contributed by atoms with Gasteiger partial charge < -0.3 is 10.6 Å². The minimum Gasteiger partial charge on any atom is -0.318 e. The largest absolute Gasteiger partial charge is 0.318 e. The fourth-order valence-corrected chi connectivity index (χ4v) is 2.60. The minimum atomic E-state index is 0.590. The Balaban J connectivity index is 2.19. The number of nitrogens with one attached hydrogen (secondary N) is 2. The highest BCUT2D eigenvalue weighted by Crippen LogP contribution is 2.28. The SMILES string of the molecule is CNCC1NCC[C@@H]1c1ccc(C)c(C)c1. The molecule has 1 saturated heterocycles. The van der Waals surface area contributed by atoms with Crippen molar-refractivity contribution in [3.63, 3.8) is 0 Å². The molecule has 1 aromatic rings. The van der Waals surface area contributed by atoms with Crippen molar-refractivity contribution in [2.24, 2.45) is 0 Å². The molecule has 0 aliphatic carbocycles. The number of hydrogen-bond donors (Lipinski definition) is 2. The van der Waals surface area contributed by atoms with E-state index in [9.17, 15) is 0 Å². The number of aryl methyl sites for hydroxylation is 2. The van der Waals surface area contributed by atoms with E-state index in [1.807, 2.05) is 7.05 Å². The Kier molecular flexibility index (Phi) is 3.62. The van der Waals surface area contributed by atoms with E-state index in [-0.39, 0.29) is 0 Å². The van der Waals surface area contributed by atoms with Gasteiger partial charge in [-0.2, -0.15) is 0 Å². The van der Waals surface area contributed by atoms with Crippen LogP contribution < -0.4 is 10.6 Å². The van der Waals surface area contributed by atoms with E-state index in [1.165, 1.54) is 23.1 Å². The monoisotopic (exact) mass is 218 g/mol. The van der Waals surface area contributed by atoms with Crippen LogP contribution in [0.2, 0.25) is 0 Å². The highest BCUT2D eigenvalue weighted by molar-refractivity contribution is 5.33. The molecular weight excluding hydrogens is 196 g/mol. The summed E-state index contributed by atoms with van der Waals surface area (Å²) in [6, 6.07) is 7.49. The Morgan fingerprint density at radius 3 is 2.81 bits per heavy atom. The Bertz CT molecular complexity index is 360. The zero-order valence-corrected chi connectivity index (χ0v) is 10.5. The van der Waals surface area contributed by atoms with Gasteiger partial charge in [-0.15, -0.1) is 0 Å². The molecule has 2 atom stereocenters. The van der Waals surface area contributed by atoms with Gasteiger partial charge >= 0.3 is 0 Å². The van der Waals surface area contributed by atoms with Crippen molar-refractivity contribution < 1.29 is 0 Å². The molecule has 0 radical (unpaired) electrons. The molecule has 0 saturated carbocycles. The van der Waals surface area contributed by atoms with Crippen molar-refractivity contribution in [1.82, 2.24) is 10.6 Å². The summed E-state index contributed by atoms with van der Waals surface area (Å²) in [5, 5.41) is 6.85. The van der Waals surface area contributed by atoms with Gasteiger partial charge in [0.1, 0.15) is 0 Å². The minimum absolute atomic E-state index is 0.590. The van der Waals surface area contributed by atoms with Crippen LogP contribution >= 0.6 is 0 Å². The molecule has 1 aliphatic rings. The molecule has 0 spiro atoms. The molecule has 1 unspecified atom stereocenters. The van der Waals surface area contributed by atoms with Crippen molar-refractivity contribution >= 4 is 0 Å². The summed E-state index contributed by atoms with van der Waals surface area (Å²) in [5.74, 6) is 0.673. The third-order valence-corrected chi connectivity index (χ3v) is 3.73. The zero-order chi connectivity index (χ0) is 11.5. The molecular formula is C14H22N2. The van der Waals surface area contributed by atoms with Gasteiger partial charge in [0.05, 0.1) is 0 Å². The number of likely N-dealkylation sites (N-methyl/N-ethyl adjacent to an activating group) is 1. The van der Waals surface area contributed by atoms with E-state index in [0.29, 0.717) is 12.0 Å². The number of rotatable bonds is 3. The number of benzene rings is 1. The van der Waals surface area contributed by atoms with E-state index < -0.39 is 0 Å². The topological polar surface area (TPSA) is 24.1 Å². The molecule has 16 heavy (non-hydrogen) atoms. The zero-order valence-electron chi connectivity index (χ0n) is 10.5. The van der Waals surface area contributed by atoms with Gasteiger partial charge in [-0.1, -0.05) is 18.2 Å². The molecule has 0 aromatic heterocycles. The molecule has 2 nitrogen and oxygen atoms in total. The predicted octanol–water partition coefficient (Wildman–Crippen LogP) is 1.97. The quantitative estimate of drug-likeness (QED) is 0.810. The summed E-state index contributed by atoms with van der Waals surface area (Å²) in [4.78, 5) is 0. The van der Waals surface area contributed by atoms with Crippen molar-refractivity contribution in [2.75, 3.05) is 20.1 Å². The average molecular weight is 218 g/mol. The van der Waals surface area contributed by atoms with Crippen molar-refractivity contribution in [3.05, 3.63) is 34.9 Å². The maximum absolute atomic E-state index is 3.58. The maximum atomic E-state index is 3.58. The summed E-state index contributed by atoms with van der Waals surface area (Å²) >= 11 is 0. The lowest BCUT2D eigenvalue weighted by Gasteiger charge is -2.20. The Hall–Kier alpha value is -0.860. The van der Waals surface area contributed by atoms with Crippen molar-refractivity contribution in [1.29, 1.82) is 0 Å². The van der Waals surface area contributed by atoms with Crippen LogP contribution in [0, 0.1) is 13.8 Å². The summed E-state index contributed by atoms with van der Waals surface area (Å²) < 4.78 is 0. The average Bonchev–Trinajstić information content (AvgIpc) is 2.71. The summed E-state index contributed by atoms with van der Waals surface area (Å²) in [5.41, 5.74) is 4.29. The molecule has 2 rings (SSSR count).